The Kier molecular flexibility index (Phi) is 3.11. The zero-order valence-electron chi connectivity index (χ0n) is 10.0. The molecule has 1 N–H and O–H groups in total. The first-order valence-corrected chi connectivity index (χ1v) is 6.43. The summed E-state index contributed by atoms with van der Waals surface area (Å²) in [6.07, 6.45) is 5.21. The van der Waals surface area contributed by atoms with Gasteiger partial charge in [0.25, 0.3) is 0 Å². The van der Waals surface area contributed by atoms with Crippen LogP contribution in [-0.2, 0) is 0 Å². The fraction of sp³-hybridized carbons (Fsp3) is 0. The molecule has 0 fully saturated rings. The van der Waals surface area contributed by atoms with Crippen LogP contribution in [0.1, 0.15) is 10.5 Å². The number of nitrogens with zero attached hydrogens (tertiary/aromatic N) is 3. The lowest BCUT2D eigenvalue weighted by molar-refractivity contribution is 0.0686. The Morgan fingerprint density at radius 1 is 1.35 bits per heavy atom. The van der Waals surface area contributed by atoms with Gasteiger partial charge in [-0.2, -0.15) is 0 Å². The Hall–Kier alpha value is -2.41. The third-order valence-corrected chi connectivity index (χ3v) is 3.38. The summed E-state index contributed by atoms with van der Waals surface area (Å²) >= 11 is 3.47. The van der Waals surface area contributed by atoms with E-state index in [1.54, 1.807) is 12.5 Å². The molecule has 0 bridgehead atoms. The van der Waals surface area contributed by atoms with Gasteiger partial charge in [0.15, 0.2) is 11.5 Å². The van der Waals surface area contributed by atoms with Gasteiger partial charge in [0.05, 0.1) is 12.0 Å². The standard InChI is InChI=1S/C13H8BrN3O3/c14-9-5-8(12-6-10(13(18)19)16-20-12)1-2-11(9)17-4-3-15-7-17/h1-7H,(H,18,19). The molecular formula is C13H8BrN3O3. The lowest BCUT2D eigenvalue weighted by atomic mass is 10.1. The number of hydrogen-bond acceptors (Lipinski definition) is 4. The van der Waals surface area contributed by atoms with Crippen LogP contribution in [0, 0.1) is 0 Å². The Morgan fingerprint density at radius 2 is 2.20 bits per heavy atom. The molecule has 1 aromatic carbocycles. The summed E-state index contributed by atoms with van der Waals surface area (Å²) in [6.45, 7) is 0. The van der Waals surface area contributed by atoms with Crippen LogP contribution in [0.5, 0.6) is 0 Å². The Balaban J connectivity index is 1.99. The Bertz CT molecular complexity index is 765. The van der Waals surface area contributed by atoms with E-state index in [1.165, 1.54) is 6.07 Å². The number of carbonyl (C=O) groups is 1. The van der Waals surface area contributed by atoms with Crippen LogP contribution in [0.3, 0.4) is 0 Å². The second-order valence-corrected chi connectivity index (χ2v) is 4.87. The molecule has 0 aliphatic heterocycles. The quantitative estimate of drug-likeness (QED) is 0.796. The van der Waals surface area contributed by atoms with Crippen LogP contribution in [-0.4, -0.2) is 25.8 Å². The minimum absolute atomic E-state index is 0.116. The molecule has 0 aliphatic carbocycles. The predicted molar refractivity (Wildman–Crippen MR) is 73.7 cm³/mol. The van der Waals surface area contributed by atoms with Crippen molar-refractivity contribution in [1.29, 1.82) is 0 Å². The molecule has 0 spiro atoms. The fourth-order valence-corrected chi connectivity index (χ4v) is 2.37. The SMILES string of the molecule is O=C(O)c1cc(-c2ccc(-n3ccnc3)c(Br)c2)on1. The van der Waals surface area contributed by atoms with Gasteiger partial charge < -0.3 is 14.2 Å². The normalized spacial score (nSPS) is 10.7. The smallest absolute Gasteiger partial charge is 0.358 e. The van der Waals surface area contributed by atoms with Crippen LogP contribution in [0.15, 0.2) is 52.0 Å². The van der Waals surface area contributed by atoms with Gasteiger partial charge in [0, 0.05) is 28.5 Å². The van der Waals surface area contributed by atoms with Crippen molar-refractivity contribution < 1.29 is 14.4 Å². The maximum Gasteiger partial charge on any atom is 0.358 e. The van der Waals surface area contributed by atoms with Crippen molar-refractivity contribution in [2.45, 2.75) is 0 Å². The number of aromatic nitrogens is 3. The molecule has 2 aromatic heterocycles. The van der Waals surface area contributed by atoms with Crippen molar-refractivity contribution >= 4 is 21.9 Å². The number of benzene rings is 1. The average molecular weight is 334 g/mol. The molecule has 0 unspecified atom stereocenters. The minimum atomic E-state index is -1.12. The van der Waals surface area contributed by atoms with Crippen molar-refractivity contribution in [3.8, 4) is 17.0 Å². The average Bonchev–Trinajstić information content (AvgIpc) is 3.10. The number of rotatable bonds is 3. The molecule has 6 nitrogen and oxygen atoms in total. The van der Waals surface area contributed by atoms with Gasteiger partial charge >= 0.3 is 5.97 Å². The summed E-state index contributed by atoms with van der Waals surface area (Å²) in [5.74, 6) is -0.714. The van der Waals surface area contributed by atoms with E-state index < -0.39 is 5.97 Å². The molecule has 100 valence electrons. The van der Waals surface area contributed by atoms with Gasteiger partial charge in [-0.3, -0.25) is 0 Å². The second-order valence-electron chi connectivity index (χ2n) is 4.02. The monoisotopic (exact) mass is 333 g/mol. The van der Waals surface area contributed by atoms with Gasteiger partial charge in [0.2, 0.25) is 0 Å². The molecule has 0 saturated heterocycles. The van der Waals surface area contributed by atoms with Gasteiger partial charge in [-0.05, 0) is 34.1 Å². The van der Waals surface area contributed by atoms with E-state index in [-0.39, 0.29) is 5.69 Å². The van der Waals surface area contributed by atoms with E-state index in [1.807, 2.05) is 29.0 Å². The van der Waals surface area contributed by atoms with Crippen molar-refractivity contribution in [2.75, 3.05) is 0 Å². The zero-order valence-corrected chi connectivity index (χ0v) is 11.6. The maximum atomic E-state index is 10.8. The van der Waals surface area contributed by atoms with E-state index in [0.29, 0.717) is 5.76 Å². The predicted octanol–water partition coefficient (Wildman–Crippen LogP) is 2.99. The summed E-state index contributed by atoms with van der Waals surface area (Å²) in [5.41, 5.74) is 1.54. The van der Waals surface area contributed by atoms with Gasteiger partial charge in [-0.1, -0.05) is 5.16 Å². The number of imidazole rings is 1. The molecule has 0 aliphatic rings. The van der Waals surface area contributed by atoms with E-state index in [9.17, 15) is 4.79 Å². The molecule has 0 radical (unpaired) electrons. The Morgan fingerprint density at radius 3 is 2.80 bits per heavy atom. The number of carboxylic acids is 1. The van der Waals surface area contributed by atoms with Crippen molar-refractivity contribution in [3.63, 3.8) is 0 Å². The van der Waals surface area contributed by atoms with Crippen LogP contribution in [0.2, 0.25) is 0 Å². The number of halogens is 1. The van der Waals surface area contributed by atoms with Crippen LogP contribution in [0.25, 0.3) is 17.0 Å². The minimum Gasteiger partial charge on any atom is -0.476 e. The molecule has 3 aromatic rings. The molecule has 7 heteroatoms. The first kappa shape index (κ1) is 12.6. The van der Waals surface area contributed by atoms with E-state index >= 15 is 0 Å². The molecule has 2 heterocycles. The third kappa shape index (κ3) is 2.23. The number of carboxylic acid groups (broad SMARTS) is 1. The topological polar surface area (TPSA) is 81.1 Å². The fourth-order valence-electron chi connectivity index (χ4n) is 1.78. The molecule has 0 atom stereocenters. The van der Waals surface area contributed by atoms with Crippen molar-refractivity contribution in [1.82, 2.24) is 14.7 Å². The molecule has 20 heavy (non-hydrogen) atoms. The first-order chi connectivity index (χ1) is 9.65. The summed E-state index contributed by atoms with van der Waals surface area (Å²) in [6, 6.07) is 6.93. The summed E-state index contributed by atoms with van der Waals surface area (Å²) < 4.78 is 7.72. The van der Waals surface area contributed by atoms with Crippen LogP contribution < -0.4 is 0 Å². The molecular weight excluding hydrogens is 326 g/mol. The largest absolute Gasteiger partial charge is 0.476 e. The maximum absolute atomic E-state index is 10.8. The molecule has 3 rings (SSSR count). The highest BCUT2D eigenvalue weighted by molar-refractivity contribution is 9.10. The van der Waals surface area contributed by atoms with Crippen molar-refractivity contribution in [3.05, 3.63) is 53.2 Å². The number of aromatic carboxylic acids is 1. The molecule has 0 amide bonds. The van der Waals surface area contributed by atoms with Gasteiger partial charge in [-0.15, -0.1) is 0 Å². The summed E-state index contributed by atoms with van der Waals surface area (Å²) in [4.78, 5) is 14.8. The third-order valence-electron chi connectivity index (χ3n) is 2.74. The molecule has 0 saturated carbocycles. The van der Waals surface area contributed by atoms with Gasteiger partial charge in [-0.25, -0.2) is 9.78 Å². The first-order valence-electron chi connectivity index (χ1n) is 5.63. The van der Waals surface area contributed by atoms with E-state index in [0.717, 1.165) is 15.7 Å². The Labute approximate surface area is 121 Å². The second kappa shape index (κ2) is 4.93. The highest BCUT2D eigenvalue weighted by Crippen LogP contribution is 2.28. The lowest BCUT2D eigenvalue weighted by Gasteiger charge is -2.06. The highest BCUT2D eigenvalue weighted by atomic mass is 79.9. The summed E-state index contributed by atoms with van der Waals surface area (Å²) in [5, 5.41) is 12.3. The van der Waals surface area contributed by atoms with Crippen LogP contribution >= 0.6 is 15.9 Å². The van der Waals surface area contributed by atoms with Crippen molar-refractivity contribution in [2.24, 2.45) is 0 Å². The highest BCUT2D eigenvalue weighted by Gasteiger charge is 2.13. The zero-order chi connectivity index (χ0) is 14.1. The van der Waals surface area contributed by atoms with Gasteiger partial charge in [0.1, 0.15) is 0 Å². The lowest BCUT2D eigenvalue weighted by Crippen LogP contribution is -1.94. The van der Waals surface area contributed by atoms with Crippen LogP contribution in [0.4, 0.5) is 0 Å². The van der Waals surface area contributed by atoms with E-state index in [4.69, 9.17) is 9.63 Å². The van der Waals surface area contributed by atoms with E-state index in [2.05, 4.69) is 26.1 Å². The number of hydrogen-bond donors (Lipinski definition) is 1. The summed E-state index contributed by atoms with van der Waals surface area (Å²) in [7, 11) is 0.